The molecule has 0 bridgehead atoms. The van der Waals surface area contributed by atoms with Gasteiger partial charge in [0.05, 0.1) is 19.0 Å². The molecule has 1 amide bonds. The van der Waals surface area contributed by atoms with Crippen molar-refractivity contribution in [2.75, 3.05) is 18.6 Å². The zero-order valence-electron chi connectivity index (χ0n) is 19.9. The first-order chi connectivity index (χ1) is 17.6. The molecule has 0 saturated heterocycles. The fraction of sp³-hybridized carbons (Fsp3) is 0.280. The van der Waals surface area contributed by atoms with Crippen molar-refractivity contribution in [1.82, 2.24) is 24.5 Å². The maximum Gasteiger partial charge on any atom is 0.406 e. The fourth-order valence-electron chi connectivity index (χ4n) is 4.55. The van der Waals surface area contributed by atoms with E-state index in [1.807, 2.05) is 17.6 Å². The van der Waals surface area contributed by atoms with E-state index in [0.29, 0.717) is 27.5 Å². The summed E-state index contributed by atoms with van der Waals surface area (Å²) in [6, 6.07) is 7.76. The number of carbonyl (C=O) groups excluding carboxylic acids is 1. The monoisotopic (exact) mass is 514 g/mol. The van der Waals surface area contributed by atoms with Crippen LogP contribution in [0.15, 0.2) is 55.0 Å². The summed E-state index contributed by atoms with van der Waals surface area (Å²) in [6.07, 6.45) is 0.677. The second-order valence-corrected chi connectivity index (χ2v) is 8.68. The molecule has 0 aliphatic carbocycles. The number of aryl methyl sites for hydroxylation is 2. The van der Waals surface area contributed by atoms with Crippen LogP contribution in [0.4, 0.5) is 23.2 Å². The molecular formula is C25H22F4N6O2. The molecular weight excluding hydrogens is 492 g/mol. The highest BCUT2D eigenvalue weighted by molar-refractivity contribution is 5.97. The van der Waals surface area contributed by atoms with Gasteiger partial charge in [-0.3, -0.25) is 4.79 Å². The van der Waals surface area contributed by atoms with Gasteiger partial charge in [0.15, 0.2) is 0 Å². The van der Waals surface area contributed by atoms with Crippen molar-refractivity contribution in [2.45, 2.75) is 32.0 Å². The summed E-state index contributed by atoms with van der Waals surface area (Å²) in [5.74, 6) is -0.0498. The molecule has 0 radical (unpaired) electrons. The minimum Gasteiger partial charge on any atom is -0.495 e. The number of imidazole rings is 1. The Balaban J connectivity index is 1.48. The van der Waals surface area contributed by atoms with E-state index in [9.17, 15) is 22.4 Å². The third kappa shape index (κ3) is 4.78. The number of methoxy groups -OCH3 is 1. The number of amides is 1. The van der Waals surface area contributed by atoms with Crippen molar-refractivity contribution >= 4 is 11.6 Å². The van der Waals surface area contributed by atoms with E-state index < -0.39 is 30.5 Å². The molecule has 0 saturated carbocycles. The molecule has 0 N–H and O–H groups in total. The van der Waals surface area contributed by atoms with Crippen molar-refractivity contribution < 1.29 is 27.1 Å². The van der Waals surface area contributed by atoms with Crippen LogP contribution in [0.1, 0.15) is 23.9 Å². The Labute approximate surface area is 209 Å². The van der Waals surface area contributed by atoms with E-state index in [1.54, 1.807) is 24.5 Å². The van der Waals surface area contributed by atoms with Crippen LogP contribution >= 0.6 is 0 Å². The number of anilines is 1. The average Bonchev–Trinajstić information content (AvgIpc) is 3.49. The van der Waals surface area contributed by atoms with Crippen LogP contribution in [-0.2, 0) is 11.2 Å². The van der Waals surface area contributed by atoms with Gasteiger partial charge < -0.3 is 14.2 Å². The molecule has 37 heavy (non-hydrogen) atoms. The molecule has 1 aliphatic heterocycles. The highest BCUT2D eigenvalue weighted by atomic mass is 19.4. The van der Waals surface area contributed by atoms with Gasteiger partial charge >= 0.3 is 6.18 Å². The SMILES string of the molecule is COc1cc(-c2cn(C3CCc4cc(F)ccc4N(CC(F)(F)F)C3=O)nn2)ccc1-n1ccnc1C. The van der Waals surface area contributed by atoms with Crippen molar-refractivity contribution in [3.05, 3.63) is 72.2 Å². The standard InChI is InChI=1S/C25H22F4N6O2/c1-15-30-9-10-33(15)21-6-3-16(12-23(21)37-2)19-13-35(32-31-19)22-7-4-17-11-18(26)5-8-20(17)34(24(22)36)14-25(27,28)29/h3,5-6,8-13,22H,4,7,14H2,1-2H3. The van der Waals surface area contributed by atoms with E-state index in [0.717, 1.165) is 23.6 Å². The maximum absolute atomic E-state index is 13.8. The van der Waals surface area contributed by atoms with Crippen molar-refractivity contribution in [1.29, 1.82) is 0 Å². The van der Waals surface area contributed by atoms with E-state index >= 15 is 0 Å². The van der Waals surface area contributed by atoms with Gasteiger partial charge in [0.1, 0.15) is 35.7 Å². The zero-order valence-corrected chi connectivity index (χ0v) is 19.9. The van der Waals surface area contributed by atoms with Crippen LogP contribution < -0.4 is 9.64 Å². The van der Waals surface area contributed by atoms with Gasteiger partial charge in [-0.15, -0.1) is 5.10 Å². The topological polar surface area (TPSA) is 78.1 Å². The van der Waals surface area contributed by atoms with E-state index in [1.165, 1.54) is 24.1 Å². The Morgan fingerprint density at radius 2 is 1.92 bits per heavy atom. The second kappa shape index (κ2) is 9.34. The quantitative estimate of drug-likeness (QED) is 0.362. The third-order valence-corrected chi connectivity index (χ3v) is 6.30. The number of halogens is 4. The average molecular weight is 514 g/mol. The summed E-state index contributed by atoms with van der Waals surface area (Å²) >= 11 is 0. The van der Waals surface area contributed by atoms with Crippen LogP contribution in [-0.4, -0.2) is 50.3 Å². The molecule has 192 valence electrons. The highest BCUT2D eigenvalue weighted by Gasteiger charge is 2.39. The lowest BCUT2D eigenvalue weighted by Crippen LogP contribution is -2.42. The first-order valence-electron chi connectivity index (χ1n) is 11.4. The summed E-state index contributed by atoms with van der Waals surface area (Å²) in [6.45, 7) is 0.367. The van der Waals surface area contributed by atoms with Gasteiger partial charge in [-0.1, -0.05) is 11.3 Å². The van der Waals surface area contributed by atoms with Crippen molar-refractivity contribution in [2.24, 2.45) is 0 Å². The van der Waals surface area contributed by atoms with Gasteiger partial charge in [-0.05, 0) is 55.7 Å². The Hall–Kier alpha value is -4.22. The predicted molar refractivity (Wildman–Crippen MR) is 126 cm³/mol. The molecule has 1 unspecified atom stereocenters. The van der Waals surface area contributed by atoms with Gasteiger partial charge in [-0.2, -0.15) is 13.2 Å². The van der Waals surface area contributed by atoms with Crippen molar-refractivity contribution in [3.63, 3.8) is 0 Å². The number of ether oxygens (including phenoxy) is 1. The van der Waals surface area contributed by atoms with Crippen LogP contribution in [0.5, 0.6) is 5.75 Å². The first kappa shape index (κ1) is 24.5. The molecule has 12 heteroatoms. The molecule has 2 aromatic carbocycles. The molecule has 0 spiro atoms. The Kier molecular flexibility index (Phi) is 6.18. The predicted octanol–water partition coefficient (Wildman–Crippen LogP) is 4.67. The number of hydrogen-bond donors (Lipinski definition) is 0. The smallest absolute Gasteiger partial charge is 0.406 e. The van der Waals surface area contributed by atoms with E-state index in [2.05, 4.69) is 15.3 Å². The number of alkyl halides is 3. The van der Waals surface area contributed by atoms with Crippen molar-refractivity contribution in [3.8, 4) is 22.7 Å². The number of hydrogen-bond acceptors (Lipinski definition) is 5. The maximum atomic E-state index is 13.8. The molecule has 1 aliphatic rings. The summed E-state index contributed by atoms with van der Waals surface area (Å²) < 4.78 is 62.7. The number of benzene rings is 2. The van der Waals surface area contributed by atoms with Crippen LogP contribution in [0.3, 0.4) is 0 Å². The Bertz CT molecular complexity index is 1460. The summed E-state index contributed by atoms with van der Waals surface area (Å²) in [7, 11) is 1.53. The summed E-state index contributed by atoms with van der Waals surface area (Å²) in [5, 5.41) is 8.23. The molecule has 3 heterocycles. The number of carbonyl (C=O) groups is 1. The van der Waals surface area contributed by atoms with Crippen LogP contribution in [0.25, 0.3) is 16.9 Å². The molecule has 1 atom stereocenters. The minimum absolute atomic E-state index is 0.0432. The fourth-order valence-corrected chi connectivity index (χ4v) is 4.55. The van der Waals surface area contributed by atoms with Gasteiger partial charge in [0, 0.05) is 23.6 Å². The van der Waals surface area contributed by atoms with E-state index in [-0.39, 0.29) is 18.5 Å². The number of rotatable bonds is 5. The lowest BCUT2D eigenvalue weighted by Gasteiger charge is -2.26. The Morgan fingerprint density at radius 3 is 2.62 bits per heavy atom. The third-order valence-electron chi connectivity index (χ3n) is 6.30. The molecule has 0 fully saturated rings. The van der Waals surface area contributed by atoms with E-state index in [4.69, 9.17) is 4.74 Å². The molecule has 5 rings (SSSR count). The number of fused-ring (bicyclic) bond motifs is 1. The molecule has 2 aromatic heterocycles. The molecule has 4 aromatic rings. The van der Waals surface area contributed by atoms with Crippen LogP contribution in [0, 0.1) is 12.7 Å². The lowest BCUT2D eigenvalue weighted by molar-refractivity contribution is -0.134. The lowest BCUT2D eigenvalue weighted by atomic mass is 10.1. The normalized spacial score (nSPS) is 16.0. The summed E-state index contributed by atoms with van der Waals surface area (Å²) in [5.41, 5.74) is 2.19. The number of aromatic nitrogens is 5. The minimum atomic E-state index is -4.64. The largest absolute Gasteiger partial charge is 0.495 e. The first-order valence-corrected chi connectivity index (χ1v) is 11.4. The molecule has 8 nitrogen and oxygen atoms in total. The summed E-state index contributed by atoms with van der Waals surface area (Å²) in [4.78, 5) is 18.2. The van der Waals surface area contributed by atoms with Gasteiger partial charge in [-0.25, -0.2) is 14.1 Å². The second-order valence-electron chi connectivity index (χ2n) is 8.68. The van der Waals surface area contributed by atoms with Gasteiger partial charge in [0.25, 0.3) is 5.91 Å². The Morgan fingerprint density at radius 1 is 1.14 bits per heavy atom. The van der Waals surface area contributed by atoms with Gasteiger partial charge in [0.2, 0.25) is 0 Å². The number of nitrogens with zero attached hydrogens (tertiary/aromatic N) is 6. The van der Waals surface area contributed by atoms with Crippen LogP contribution in [0.2, 0.25) is 0 Å². The highest BCUT2D eigenvalue weighted by Crippen LogP contribution is 2.35. The zero-order chi connectivity index (χ0) is 26.3.